The fraction of sp³-hybridized carbons (Fsp3) is 0.261. The summed E-state index contributed by atoms with van der Waals surface area (Å²) >= 11 is 0. The van der Waals surface area contributed by atoms with E-state index in [-0.39, 0.29) is 17.9 Å². The van der Waals surface area contributed by atoms with Gasteiger partial charge in [0.1, 0.15) is 11.7 Å². The number of carbonyl (C=O) groups is 2. The number of hydrogen-bond donors (Lipinski definition) is 1. The SMILES string of the molecule is CC(=O)N1c2ccc3oc(=O)ccc3c2C(OC(N)=O)[C@@H](Cc2ccccc2)[C@H]1C. The van der Waals surface area contributed by atoms with Gasteiger partial charge in [-0.1, -0.05) is 30.3 Å². The van der Waals surface area contributed by atoms with E-state index in [2.05, 4.69) is 0 Å². The molecule has 1 aromatic heterocycles. The van der Waals surface area contributed by atoms with E-state index < -0.39 is 17.8 Å². The van der Waals surface area contributed by atoms with Crippen molar-refractivity contribution in [1.82, 2.24) is 0 Å². The third-order valence-electron chi connectivity index (χ3n) is 5.68. The van der Waals surface area contributed by atoms with Crippen LogP contribution >= 0.6 is 0 Å². The molecule has 0 radical (unpaired) electrons. The second kappa shape index (κ2) is 7.67. The molecule has 2 heterocycles. The molecule has 3 aromatic rings. The monoisotopic (exact) mass is 406 g/mol. The molecule has 0 aliphatic carbocycles. The number of carbonyl (C=O) groups excluding carboxylic acids is 2. The van der Waals surface area contributed by atoms with Crippen molar-refractivity contribution in [3.63, 3.8) is 0 Å². The van der Waals surface area contributed by atoms with Gasteiger partial charge in [-0.25, -0.2) is 9.59 Å². The molecule has 1 unspecified atom stereocenters. The van der Waals surface area contributed by atoms with Gasteiger partial charge in [0.25, 0.3) is 0 Å². The summed E-state index contributed by atoms with van der Waals surface area (Å²) in [4.78, 5) is 37.8. The number of hydrogen-bond acceptors (Lipinski definition) is 5. The Morgan fingerprint density at radius 1 is 1.10 bits per heavy atom. The van der Waals surface area contributed by atoms with Gasteiger partial charge in [-0.05, 0) is 37.1 Å². The molecule has 0 spiro atoms. The number of amides is 2. The van der Waals surface area contributed by atoms with Crippen LogP contribution in [0.3, 0.4) is 0 Å². The van der Waals surface area contributed by atoms with Crippen molar-refractivity contribution in [2.45, 2.75) is 32.4 Å². The van der Waals surface area contributed by atoms with Crippen LogP contribution in [0.5, 0.6) is 0 Å². The minimum atomic E-state index is -0.901. The third-order valence-corrected chi connectivity index (χ3v) is 5.68. The molecule has 0 saturated heterocycles. The molecular formula is C23H22N2O5. The van der Waals surface area contributed by atoms with Gasteiger partial charge in [-0.3, -0.25) is 4.79 Å². The highest BCUT2D eigenvalue weighted by atomic mass is 16.6. The Morgan fingerprint density at radius 3 is 2.50 bits per heavy atom. The molecule has 1 aliphatic heterocycles. The van der Waals surface area contributed by atoms with Crippen LogP contribution in [0, 0.1) is 5.92 Å². The maximum Gasteiger partial charge on any atom is 0.405 e. The topological polar surface area (TPSA) is 103 Å². The van der Waals surface area contributed by atoms with Gasteiger partial charge in [0.15, 0.2) is 0 Å². The summed E-state index contributed by atoms with van der Waals surface area (Å²) in [6.07, 6.45) is -1.04. The Morgan fingerprint density at radius 2 is 1.83 bits per heavy atom. The molecule has 2 amide bonds. The van der Waals surface area contributed by atoms with E-state index in [4.69, 9.17) is 14.9 Å². The standard InChI is InChI=1S/C23H22N2O5/c1-13-17(12-15-6-4-3-5-7-15)22(30-23(24)28)21-16-8-11-20(27)29-19(16)10-9-18(21)25(13)14(2)26/h3-11,13,17,22H,12H2,1-2H3,(H2,24,28)/t13-,17+,22?/m1/s1. The maximum absolute atomic E-state index is 12.6. The van der Waals surface area contributed by atoms with Crippen LogP contribution in [0.25, 0.3) is 11.0 Å². The predicted molar refractivity (Wildman–Crippen MR) is 112 cm³/mol. The van der Waals surface area contributed by atoms with E-state index in [0.717, 1.165) is 5.56 Å². The molecule has 0 fully saturated rings. The summed E-state index contributed by atoms with van der Waals surface area (Å²) in [6, 6.07) is 15.8. The van der Waals surface area contributed by atoms with Crippen LogP contribution in [-0.4, -0.2) is 18.0 Å². The molecular weight excluding hydrogens is 384 g/mol. The Bertz CT molecular complexity index is 1170. The van der Waals surface area contributed by atoms with Gasteiger partial charge in [-0.15, -0.1) is 0 Å². The molecule has 0 saturated carbocycles. The Hall–Kier alpha value is -3.61. The fourth-order valence-electron chi connectivity index (χ4n) is 4.44. The molecule has 154 valence electrons. The number of nitrogens with zero attached hydrogens (tertiary/aromatic N) is 1. The summed E-state index contributed by atoms with van der Waals surface area (Å²) in [5.74, 6) is -0.384. The molecule has 1 aliphatic rings. The largest absolute Gasteiger partial charge is 0.441 e. The first-order chi connectivity index (χ1) is 14.4. The third kappa shape index (κ3) is 3.43. The molecule has 7 nitrogen and oxygen atoms in total. The van der Waals surface area contributed by atoms with Crippen LogP contribution in [0.15, 0.2) is 63.8 Å². The molecule has 2 aromatic carbocycles. The van der Waals surface area contributed by atoms with Gasteiger partial charge >= 0.3 is 11.7 Å². The first-order valence-corrected chi connectivity index (χ1v) is 9.73. The summed E-state index contributed by atoms with van der Waals surface area (Å²) in [7, 11) is 0. The highest BCUT2D eigenvalue weighted by Gasteiger charge is 2.43. The molecule has 2 N–H and O–H groups in total. The van der Waals surface area contributed by atoms with Gasteiger partial charge in [0, 0.05) is 35.9 Å². The first-order valence-electron chi connectivity index (χ1n) is 9.73. The molecule has 30 heavy (non-hydrogen) atoms. The second-order valence-electron chi connectivity index (χ2n) is 7.51. The average Bonchev–Trinajstić information content (AvgIpc) is 2.70. The van der Waals surface area contributed by atoms with E-state index in [0.29, 0.717) is 28.6 Å². The number of rotatable bonds is 3. The lowest BCUT2D eigenvalue weighted by atomic mass is 9.78. The predicted octanol–water partition coefficient (Wildman–Crippen LogP) is 3.54. The first kappa shape index (κ1) is 19.7. The van der Waals surface area contributed by atoms with E-state index in [9.17, 15) is 14.4 Å². The van der Waals surface area contributed by atoms with Crippen LogP contribution in [0.2, 0.25) is 0 Å². The minimum Gasteiger partial charge on any atom is -0.441 e. The highest BCUT2D eigenvalue weighted by molar-refractivity contribution is 5.98. The van der Waals surface area contributed by atoms with E-state index in [1.807, 2.05) is 37.3 Å². The summed E-state index contributed by atoms with van der Waals surface area (Å²) in [5, 5.41) is 0.606. The zero-order valence-electron chi connectivity index (χ0n) is 16.7. The number of benzene rings is 2. The van der Waals surface area contributed by atoms with E-state index >= 15 is 0 Å². The number of ether oxygens (including phenoxy) is 1. The van der Waals surface area contributed by atoms with Crippen LogP contribution < -0.4 is 16.3 Å². The highest BCUT2D eigenvalue weighted by Crippen LogP contribution is 2.47. The summed E-state index contributed by atoms with van der Waals surface area (Å²) in [6.45, 7) is 3.44. The fourth-order valence-corrected chi connectivity index (χ4v) is 4.44. The average molecular weight is 406 g/mol. The van der Waals surface area contributed by atoms with Gasteiger partial charge < -0.3 is 19.8 Å². The molecule has 7 heteroatoms. The van der Waals surface area contributed by atoms with E-state index in [1.165, 1.54) is 13.0 Å². The van der Waals surface area contributed by atoms with Crippen molar-refractivity contribution in [3.8, 4) is 0 Å². The Kier molecular flexibility index (Phi) is 5.03. The lowest BCUT2D eigenvalue weighted by Gasteiger charge is -2.44. The van der Waals surface area contributed by atoms with Crippen molar-refractivity contribution >= 4 is 28.7 Å². The van der Waals surface area contributed by atoms with Crippen molar-refractivity contribution in [2.75, 3.05) is 4.90 Å². The minimum absolute atomic E-state index is 0.129. The Labute approximate surface area is 173 Å². The van der Waals surface area contributed by atoms with Gasteiger partial charge in [0.05, 0.1) is 5.69 Å². The number of primary amides is 1. The van der Waals surface area contributed by atoms with E-state index in [1.54, 1.807) is 23.1 Å². The molecule has 0 bridgehead atoms. The zero-order valence-corrected chi connectivity index (χ0v) is 16.7. The maximum atomic E-state index is 12.6. The normalized spacial score (nSPS) is 20.6. The summed E-state index contributed by atoms with van der Waals surface area (Å²) in [5.41, 5.74) is 7.58. The number of anilines is 1. The van der Waals surface area contributed by atoms with Crippen molar-refractivity contribution in [3.05, 3.63) is 76.1 Å². The van der Waals surface area contributed by atoms with Crippen molar-refractivity contribution in [2.24, 2.45) is 11.7 Å². The molecule has 4 rings (SSSR count). The molecule has 3 atom stereocenters. The quantitative estimate of drug-likeness (QED) is 0.670. The smallest absolute Gasteiger partial charge is 0.405 e. The summed E-state index contributed by atoms with van der Waals surface area (Å²) < 4.78 is 10.9. The van der Waals surface area contributed by atoms with Crippen LogP contribution in [0.4, 0.5) is 10.5 Å². The van der Waals surface area contributed by atoms with Gasteiger partial charge in [0.2, 0.25) is 5.91 Å². The Balaban J connectivity index is 1.96. The number of fused-ring (bicyclic) bond motifs is 3. The van der Waals surface area contributed by atoms with Crippen molar-refractivity contribution in [1.29, 1.82) is 0 Å². The van der Waals surface area contributed by atoms with Crippen LogP contribution in [-0.2, 0) is 16.0 Å². The second-order valence-corrected chi connectivity index (χ2v) is 7.51. The lowest BCUT2D eigenvalue weighted by molar-refractivity contribution is -0.117. The van der Waals surface area contributed by atoms with Gasteiger partial charge in [-0.2, -0.15) is 0 Å². The zero-order chi connectivity index (χ0) is 21.4. The van der Waals surface area contributed by atoms with Crippen molar-refractivity contribution < 1.29 is 18.7 Å². The van der Waals surface area contributed by atoms with Crippen LogP contribution in [0.1, 0.15) is 31.1 Å². The number of nitrogens with two attached hydrogens (primary N) is 1. The lowest BCUT2D eigenvalue weighted by Crippen LogP contribution is -2.49.